The molecule has 0 unspecified atom stereocenters. The van der Waals surface area contributed by atoms with Gasteiger partial charge in [-0.2, -0.15) is 13.2 Å². The van der Waals surface area contributed by atoms with Crippen molar-refractivity contribution in [3.63, 3.8) is 0 Å². The lowest BCUT2D eigenvalue weighted by Crippen LogP contribution is -2.10. The van der Waals surface area contributed by atoms with Crippen molar-refractivity contribution in [3.05, 3.63) is 70.9 Å². The summed E-state index contributed by atoms with van der Waals surface area (Å²) in [5.74, 6) is 0. The third-order valence-corrected chi connectivity index (χ3v) is 3.03. The molecule has 0 spiro atoms. The molecule has 0 aromatic rings. The van der Waals surface area contributed by atoms with Crippen molar-refractivity contribution in [2.75, 3.05) is 0 Å². The van der Waals surface area contributed by atoms with Crippen LogP contribution in [0.1, 0.15) is 20.3 Å². The molecule has 0 aromatic heterocycles. The molecule has 0 radical (unpaired) electrons. The minimum atomic E-state index is -4.40. The van der Waals surface area contributed by atoms with Crippen LogP contribution in [0.4, 0.5) is 13.2 Å². The molecular weight excluding hydrogens is 277 g/mol. The van der Waals surface area contributed by atoms with Crippen LogP contribution in [-0.4, -0.2) is 12.5 Å². The maximum atomic E-state index is 12.8. The first-order valence-electron chi connectivity index (χ1n) is 6.44. The van der Waals surface area contributed by atoms with Crippen molar-refractivity contribution in [2.45, 2.75) is 26.4 Å². The summed E-state index contributed by atoms with van der Waals surface area (Å²) >= 11 is 0. The number of allylic oxidation sites excluding steroid dienone is 11. The summed E-state index contributed by atoms with van der Waals surface area (Å²) in [6.45, 7) is 6.73. The van der Waals surface area contributed by atoms with E-state index in [2.05, 4.69) is 6.58 Å². The lowest BCUT2D eigenvalue weighted by atomic mass is 9.98. The van der Waals surface area contributed by atoms with E-state index < -0.39 is 11.7 Å². The molecule has 1 rings (SSSR count). The molecular formula is C17H17F3O. The van der Waals surface area contributed by atoms with Gasteiger partial charge in [-0.25, -0.2) is 0 Å². The summed E-state index contributed by atoms with van der Waals surface area (Å²) in [6.07, 6.45) is 5.36. The normalized spacial score (nSPS) is 17.5. The van der Waals surface area contributed by atoms with Gasteiger partial charge in [0.25, 0.3) is 0 Å². The smallest absolute Gasteiger partial charge is 0.298 e. The summed E-state index contributed by atoms with van der Waals surface area (Å²) in [4.78, 5) is 10.8. The quantitative estimate of drug-likeness (QED) is 0.526. The van der Waals surface area contributed by atoms with Gasteiger partial charge in [0.05, 0.1) is 5.57 Å². The van der Waals surface area contributed by atoms with Gasteiger partial charge < -0.3 is 0 Å². The summed E-state index contributed by atoms with van der Waals surface area (Å²) in [7, 11) is 0. The summed E-state index contributed by atoms with van der Waals surface area (Å²) in [6, 6.07) is 0. The standard InChI is InChI=1S/C17H17F3O/c1-4-14(10-16(5-2)17(18,19)20)15-7-6-13(11-21)8-12(3)9-15/h4-6,8-11H,1,7H2,2-3H3/b14-10+,16-5+. The van der Waals surface area contributed by atoms with Crippen LogP contribution in [0.25, 0.3) is 0 Å². The minimum absolute atomic E-state index is 0.384. The average Bonchev–Trinajstić information content (AvgIpc) is 2.60. The van der Waals surface area contributed by atoms with Gasteiger partial charge >= 0.3 is 6.18 Å². The van der Waals surface area contributed by atoms with Crippen LogP contribution in [0, 0.1) is 0 Å². The molecule has 21 heavy (non-hydrogen) atoms. The van der Waals surface area contributed by atoms with E-state index in [1.54, 1.807) is 25.2 Å². The third kappa shape index (κ3) is 4.74. The monoisotopic (exact) mass is 294 g/mol. The van der Waals surface area contributed by atoms with E-state index in [1.807, 2.05) is 0 Å². The van der Waals surface area contributed by atoms with E-state index in [9.17, 15) is 18.0 Å². The molecule has 1 aliphatic rings. The fourth-order valence-corrected chi connectivity index (χ4v) is 1.99. The van der Waals surface area contributed by atoms with Crippen molar-refractivity contribution in [2.24, 2.45) is 0 Å². The Bertz CT molecular complexity index is 582. The lowest BCUT2D eigenvalue weighted by molar-refractivity contribution is -0.104. The highest BCUT2D eigenvalue weighted by molar-refractivity contribution is 5.78. The molecule has 0 aliphatic heterocycles. The molecule has 0 fully saturated rings. The van der Waals surface area contributed by atoms with Gasteiger partial charge in [0, 0.05) is 5.57 Å². The van der Waals surface area contributed by atoms with E-state index in [4.69, 9.17) is 0 Å². The zero-order chi connectivity index (χ0) is 16.0. The summed E-state index contributed by atoms with van der Waals surface area (Å²) in [5.41, 5.74) is 1.70. The lowest BCUT2D eigenvalue weighted by Gasteiger charge is -2.11. The van der Waals surface area contributed by atoms with E-state index in [-0.39, 0.29) is 0 Å². The maximum Gasteiger partial charge on any atom is 0.416 e. The van der Waals surface area contributed by atoms with Crippen molar-refractivity contribution < 1.29 is 18.0 Å². The predicted octanol–water partition coefficient (Wildman–Crippen LogP) is 5.01. The largest absolute Gasteiger partial charge is 0.416 e. The molecule has 0 bridgehead atoms. The van der Waals surface area contributed by atoms with Crippen LogP contribution in [0.2, 0.25) is 0 Å². The molecule has 0 N–H and O–H groups in total. The Hall–Kier alpha value is -2.10. The van der Waals surface area contributed by atoms with Crippen molar-refractivity contribution in [3.8, 4) is 0 Å². The zero-order valence-electron chi connectivity index (χ0n) is 12.0. The first-order valence-corrected chi connectivity index (χ1v) is 6.44. The van der Waals surface area contributed by atoms with Gasteiger partial charge in [0.15, 0.2) is 0 Å². The molecule has 0 heterocycles. The van der Waals surface area contributed by atoms with Crippen LogP contribution in [0.5, 0.6) is 0 Å². The topological polar surface area (TPSA) is 17.1 Å². The fourth-order valence-electron chi connectivity index (χ4n) is 1.99. The number of carbonyl (C=O) groups is 1. The second kappa shape index (κ2) is 7.07. The van der Waals surface area contributed by atoms with E-state index >= 15 is 0 Å². The zero-order valence-corrected chi connectivity index (χ0v) is 12.0. The average molecular weight is 294 g/mol. The van der Waals surface area contributed by atoms with Gasteiger partial charge in [-0.05, 0) is 43.6 Å². The van der Waals surface area contributed by atoms with E-state index in [1.165, 1.54) is 13.0 Å². The second-order valence-electron chi connectivity index (χ2n) is 4.63. The Morgan fingerprint density at radius 2 is 2.00 bits per heavy atom. The molecule has 0 aromatic carbocycles. The number of alkyl halides is 3. The first kappa shape index (κ1) is 17.0. The molecule has 4 heteroatoms. The SMILES string of the molecule is C=C/C(=C\C(=C/C)C(F)(F)F)C1=CC(C)=CC(C=O)=CC1. The molecule has 0 atom stereocenters. The minimum Gasteiger partial charge on any atom is -0.298 e. The van der Waals surface area contributed by atoms with Gasteiger partial charge in [-0.1, -0.05) is 36.5 Å². The molecule has 112 valence electrons. The number of halogens is 3. The maximum absolute atomic E-state index is 12.8. The highest BCUT2D eigenvalue weighted by Crippen LogP contribution is 2.30. The summed E-state index contributed by atoms with van der Waals surface area (Å²) < 4.78 is 38.5. The van der Waals surface area contributed by atoms with Gasteiger partial charge in [-0.15, -0.1) is 0 Å². The number of hydrogen-bond acceptors (Lipinski definition) is 1. The van der Waals surface area contributed by atoms with Crippen LogP contribution < -0.4 is 0 Å². The van der Waals surface area contributed by atoms with Crippen molar-refractivity contribution in [1.29, 1.82) is 0 Å². The van der Waals surface area contributed by atoms with Gasteiger partial charge in [0.1, 0.15) is 6.29 Å². The molecule has 0 saturated carbocycles. The predicted molar refractivity (Wildman–Crippen MR) is 78.7 cm³/mol. The van der Waals surface area contributed by atoms with Crippen LogP contribution >= 0.6 is 0 Å². The second-order valence-corrected chi connectivity index (χ2v) is 4.63. The molecule has 0 saturated heterocycles. The van der Waals surface area contributed by atoms with E-state index in [0.717, 1.165) is 24.0 Å². The number of carbonyl (C=O) groups excluding carboxylic acids is 1. The van der Waals surface area contributed by atoms with Crippen LogP contribution in [-0.2, 0) is 4.79 Å². The van der Waals surface area contributed by atoms with Gasteiger partial charge in [-0.3, -0.25) is 4.79 Å². The fraction of sp³-hybridized carbons (Fsp3) is 0.235. The Kier molecular flexibility index (Phi) is 5.70. The number of hydrogen-bond donors (Lipinski definition) is 0. The Morgan fingerprint density at radius 1 is 1.33 bits per heavy atom. The Labute approximate surface area is 122 Å². The van der Waals surface area contributed by atoms with Crippen molar-refractivity contribution in [1.82, 2.24) is 0 Å². The highest BCUT2D eigenvalue weighted by atomic mass is 19.4. The molecule has 1 aliphatic carbocycles. The number of rotatable bonds is 4. The molecule has 1 nitrogen and oxygen atoms in total. The Morgan fingerprint density at radius 3 is 2.48 bits per heavy atom. The van der Waals surface area contributed by atoms with E-state index in [0.29, 0.717) is 23.1 Å². The van der Waals surface area contributed by atoms with Crippen LogP contribution in [0.15, 0.2) is 70.9 Å². The van der Waals surface area contributed by atoms with Crippen LogP contribution in [0.3, 0.4) is 0 Å². The van der Waals surface area contributed by atoms with Crippen molar-refractivity contribution >= 4 is 6.29 Å². The third-order valence-electron chi connectivity index (χ3n) is 3.03. The first-order chi connectivity index (χ1) is 9.81. The van der Waals surface area contributed by atoms with Gasteiger partial charge in [0.2, 0.25) is 0 Å². The summed E-state index contributed by atoms with van der Waals surface area (Å²) in [5, 5.41) is 0. The highest BCUT2D eigenvalue weighted by Gasteiger charge is 2.31. The molecule has 0 amide bonds. The Balaban J connectivity index is 3.23. The number of aldehydes is 1.